The second-order valence-electron chi connectivity index (χ2n) is 12.5. The fourth-order valence-corrected chi connectivity index (χ4v) is 10.3. The Balaban J connectivity index is 1.75. The van der Waals surface area contributed by atoms with Gasteiger partial charge in [-0.05, 0) is 28.3 Å². The summed E-state index contributed by atoms with van der Waals surface area (Å²) in [7, 11) is -2.73. The van der Waals surface area contributed by atoms with Crippen LogP contribution in [0.15, 0.2) is 72.8 Å². The average Bonchev–Trinajstić information content (AvgIpc) is 2.95. The number of aliphatic hydroxyl groups is 2. The number of hydrogen-bond donors (Lipinski definition) is 2. The maximum Gasteiger partial charge on any atom is 0.261 e. The Hall–Kier alpha value is -1.72. The summed E-state index contributed by atoms with van der Waals surface area (Å²) in [5.74, 6) is 0. The molecule has 0 aliphatic rings. The minimum atomic E-state index is -2.73. The molecule has 2 rings (SSSR count). The number of benzene rings is 2. The van der Waals surface area contributed by atoms with Gasteiger partial charge >= 0.3 is 0 Å². The van der Waals surface area contributed by atoms with E-state index in [9.17, 15) is 10.2 Å². The van der Waals surface area contributed by atoms with Crippen LogP contribution < -0.4 is 10.4 Å². The molecule has 0 aliphatic carbocycles. The van der Waals surface area contributed by atoms with Gasteiger partial charge in [0.25, 0.3) is 8.32 Å². The molecule has 2 N–H and O–H groups in total. The van der Waals surface area contributed by atoms with Gasteiger partial charge < -0.3 is 14.6 Å². The molecule has 0 amide bonds. The number of aliphatic hydroxyl groups excluding tert-OH is 2. The molecule has 0 heterocycles. The minimum Gasteiger partial charge on any atom is -0.405 e. The molecule has 2 aromatic rings. The topological polar surface area (TPSA) is 49.7 Å². The molecule has 2 atom stereocenters. The van der Waals surface area contributed by atoms with Crippen LogP contribution in [0.2, 0.25) is 5.04 Å². The number of allylic oxidation sites excluding steroid dienone is 1. The van der Waals surface area contributed by atoms with Crippen molar-refractivity contribution < 1.29 is 14.6 Å². The third kappa shape index (κ3) is 11.6. The molecule has 0 aliphatic heterocycles. The van der Waals surface area contributed by atoms with E-state index in [1.807, 2.05) is 18.2 Å². The SMILES string of the molecule is CCCCCCCCCCCCCCC/C=C/[C@H](O)[C@H](O)CO[Si](c1ccccc1)(c1ccccc1)C(C)(C)C. The summed E-state index contributed by atoms with van der Waals surface area (Å²) in [6.45, 7) is 9.03. The van der Waals surface area contributed by atoms with Gasteiger partial charge in [-0.1, -0.05) is 178 Å². The lowest BCUT2D eigenvalue weighted by atomic mass is 10.0. The van der Waals surface area contributed by atoms with Gasteiger partial charge in [-0.15, -0.1) is 0 Å². The molecule has 0 radical (unpaired) electrons. The van der Waals surface area contributed by atoms with E-state index in [-0.39, 0.29) is 11.6 Å². The van der Waals surface area contributed by atoms with E-state index in [4.69, 9.17) is 4.43 Å². The first-order chi connectivity index (χ1) is 19.3. The lowest BCUT2D eigenvalue weighted by Crippen LogP contribution is -2.67. The van der Waals surface area contributed by atoms with Crippen LogP contribution in [0.5, 0.6) is 0 Å². The molecule has 4 heteroatoms. The third-order valence-corrected chi connectivity index (χ3v) is 13.1. The number of rotatable bonds is 21. The molecule has 40 heavy (non-hydrogen) atoms. The highest BCUT2D eigenvalue weighted by Gasteiger charge is 2.50. The molecule has 0 aromatic heterocycles. The molecule has 0 bridgehead atoms. The Labute approximate surface area is 247 Å². The number of hydrogen-bond acceptors (Lipinski definition) is 3. The van der Waals surface area contributed by atoms with Gasteiger partial charge in [0.05, 0.1) is 6.61 Å². The predicted octanol–water partition coefficient (Wildman–Crippen LogP) is 8.32. The highest BCUT2D eigenvalue weighted by Crippen LogP contribution is 2.36. The highest BCUT2D eigenvalue weighted by molar-refractivity contribution is 6.99. The summed E-state index contributed by atoms with van der Waals surface area (Å²) in [5.41, 5.74) is 0. The summed E-state index contributed by atoms with van der Waals surface area (Å²) in [4.78, 5) is 0. The monoisotopic (exact) mass is 566 g/mol. The van der Waals surface area contributed by atoms with Crippen LogP contribution in [0.4, 0.5) is 0 Å². The molecule has 0 unspecified atom stereocenters. The predicted molar refractivity (Wildman–Crippen MR) is 175 cm³/mol. The van der Waals surface area contributed by atoms with Crippen LogP contribution in [0.1, 0.15) is 118 Å². The Morgan fingerprint density at radius 1 is 0.675 bits per heavy atom. The molecular weight excluding hydrogens is 508 g/mol. The Morgan fingerprint density at radius 3 is 1.52 bits per heavy atom. The van der Waals surface area contributed by atoms with Crippen molar-refractivity contribution in [2.45, 2.75) is 135 Å². The molecular formula is C36H58O3Si. The van der Waals surface area contributed by atoms with Gasteiger partial charge in [-0.3, -0.25) is 0 Å². The summed E-state index contributed by atoms with van der Waals surface area (Å²) < 4.78 is 6.77. The van der Waals surface area contributed by atoms with Crippen molar-refractivity contribution in [1.29, 1.82) is 0 Å². The van der Waals surface area contributed by atoms with Crippen LogP contribution >= 0.6 is 0 Å². The quantitative estimate of drug-likeness (QED) is 0.0907. The molecule has 224 valence electrons. The van der Waals surface area contributed by atoms with Crippen molar-refractivity contribution in [1.82, 2.24) is 0 Å². The second kappa shape index (κ2) is 19.4. The average molecular weight is 567 g/mol. The Kier molecular flexibility index (Phi) is 16.7. The zero-order valence-corrected chi connectivity index (χ0v) is 27.0. The third-order valence-electron chi connectivity index (χ3n) is 8.09. The van der Waals surface area contributed by atoms with Crippen molar-refractivity contribution in [2.75, 3.05) is 6.61 Å². The summed E-state index contributed by atoms with van der Waals surface area (Å²) in [5, 5.41) is 23.7. The largest absolute Gasteiger partial charge is 0.405 e. The molecule has 3 nitrogen and oxygen atoms in total. The lowest BCUT2D eigenvalue weighted by molar-refractivity contribution is 0.0138. The normalized spacial score (nSPS) is 14.1. The Bertz CT molecular complexity index is 867. The first-order valence-electron chi connectivity index (χ1n) is 16.1. The smallest absolute Gasteiger partial charge is 0.261 e. The molecule has 0 fully saturated rings. The van der Waals surface area contributed by atoms with Crippen LogP contribution in [0.25, 0.3) is 0 Å². The second-order valence-corrected chi connectivity index (χ2v) is 16.8. The van der Waals surface area contributed by atoms with Gasteiger partial charge in [-0.2, -0.15) is 0 Å². The maximum atomic E-state index is 10.9. The summed E-state index contributed by atoms with van der Waals surface area (Å²) in [6, 6.07) is 20.8. The van der Waals surface area contributed by atoms with Crippen LogP contribution in [-0.2, 0) is 4.43 Å². The van der Waals surface area contributed by atoms with Gasteiger partial charge in [0, 0.05) is 0 Å². The summed E-state index contributed by atoms with van der Waals surface area (Å²) in [6.07, 6.45) is 20.3. The zero-order chi connectivity index (χ0) is 29.1. The number of unbranched alkanes of at least 4 members (excludes halogenated alkanes) is 13. The first-order valence-corrected chi connectivity index (χ1v) is 18.0. The van der Waals surface area contributed by atoms with E-state index in [2.05, 4.69) is 76.2 Å². The van der Waals surface area contributed by atoms with Crippen molar-refractivity contribution >= 4 is 18.7 Å². The van der Waals surface area contributed by atoms with Crippen molar-refractivity contribution in [2.24, 2.45) is 0 Å². The highest BCUT2D eigenvalue weighted by atomic mass is 28.4. The van der Waals surface area contributed by atoms with E-state index in [0.29, 0.717) is 0 Å². The molecule has 0 saturated heterocycles. The standard InChI is InChI=1S/C36H58O3Si/c1-5-6-7-8-9-10-11-12-13-14-15-16-17-18-25-30-34(37)35(38)31-39-40(36(2,3)4,32-26-21-19-22-27-32)33-28-23-20-24-29-33/h19-30,34-35,37-38H,5-18,31H2,1-4H3/b30-25+/t34-,35+/m0/s1. The van der Waals surface area contributed by atoms with Crippen molar-refractivity contribution in [3.8, 4) is 0 Å². The van der Waals surface area contributed by atoms with E-state index in [1.54, 1.807) is 6.08 Å². The zero-order valence-electron chi connectivity index (χ0n) is 26.0. The lowest BCUT2D eigenvalue weighted by Gasteiger charge is -2.43. The molecule has 0 saturated carbocycles. The summed E-state index contributed by atoms with van der Waals surface area (Å²) >= 11 is 0. The first kappa shape index (κ1) is 34.5. The van der Waals surface area contributed by atoms with Gasteiger partial charge in [0.15, 0.2) is 0 Å². The fourth-order valence-electron chi connectivity index (χ4n) is 5.71. The van der Waals surface area contributed by atoms with Gasteiger partial charge in [0.2, 0.25) is 0 Å². The Morgan fingerprint density at radius 2 is 1.10 bits per heavy atom. The maximum absolute atomic E-state index is 10.9. The van der Waals surface area contributed by atoms with Crippen LogP contribution in [-0.4, -0.2) is 37.3 Å². The van der Waals surface area contributed by atoms with E-state index in [1.165, 1.54) is 87.4 Å². The van der Waals surface area contributed by atoms with E-state index in [0.717, 1.165) is 12.8 Å². The fraction of sp³-hybridized carbons (Fsp3) is 0.611. The van der Waals surface area contributed by atoms with Gasteiger partial charge in [0.1, 0.15) is 12.2 Å². The minimum absolute atomic E-state index is 0.0948. The van der Waals surface area contributed by atoms with Crippen LogP contribution in [0, 0.1) is 0 Å². The van der Waals surface area contributed by atoms with E-state index >= 15 is 0 Å². The van der Waals surface area contributed by atoms with Gasteiger partial charge in [-0.25, -0.2) is 0 Å². The van der Waals surface area contributed by atoms with E-state index < -0.39 is 20.5 Å². The van der Waals surface area contributed by atoms with Crippen molar-refractivity contribution in [3.63, 3.8) is 0 Å². The van der Waals surface area contributed by atoms with Crippen LogP contribution in [0.3, 0.4) is 0 Å². The van der Waals surface area contributed by atoms with Crippen molar-refractivity contribution in [3.05, 3.63) is 72.8 Å². The molecule has 0 spiro atoms. The molecule has 2 aromatic carbocycles.